The van der Waals surface area contributed by atoms with Crippen molar-refractivity contribution >= 4 is 0 Å². The van der Waals surface area contributed by atoms with Crippen LogP contribution in [0.4, 0.5) is 13.2 Å². The fourth-order valence-electron chi connectivity index (χ4n) is 2.12. The van der Waals surface area contributed by atoms with Gasteiger partial charge in [0.2, 0.25) is 0 Å². The summed E-state index contributed by atoms with van der Waals surface area (Å²) in [5.74, 6) is 0. The molecular formula is C12H14F3N. The predicted octanol–water partition coefficient (Wildman–Crippen LogP) is 2.70. The van der Waals surface area contributed by atoms with E-state index in [4.69, 9.17) is 0 Å². The van der Waals surface area contributed by atoms with Gasteiger partial charge in [0.25, 0.3) is 0 Å². The van der Waals surface area contributed by atoms with Crippen molar-refractivity contribution in [3.63, 3.8) is 0 Å². The molecule has 88 valence electrons. The third-order valence-electron chi connectivity index (χ3n) is 2.89. The molecule has 0 saturated heterocycles. The van der Waals surface area contributed by atoms with Crippen LogP contribution in [0.25, 0.3) is 0 Å². The van der Waals surface area contributed by atoms with Crippen LogP contribution in [-0.4, -0.2) is 18.8 Å². The van der Waals surface area contributed by atoms with Gasteiger partial charge in [0.1, 0.15) is 0 Å². The molecule has 0 saturated carbocycles. The van der Waals surface area contributed by atoms with E-state index in [-0.39, 0.29) is 12.6 Å². The van der Waals surface area contributed by atoms with E-state index in [9.17, 15) is 13.2 Å². The minimum Gasteiger partial charge on any atom is -0.313 e. The number of fused-ring (bicyclic) bond motifs is 1. The van der Waals surface area contributed by atoms with Gasteiger partial charge in [-0.3, -0.25) is 0 Å². The quantitative estimate of drug-likeness (QED) is 0.840. The fourth-order valence-corrected chi connectivity index (χ4v) is 2.12. The van der Waals surface area contributed by atoms with Crippen LogP contribution in [0, 0.1) is 0 Å². The molecule has 0 aromatic heterocycles. The lowest BCUT2D eigenvalue weighted by molar-refractivity contribution is -0.133. The summed E-state index contributed by atoms with van der Waals surface area (Å²) in [6.07, 6.45) is -3.12. The summed E-state index contributed by atoms with van der Waals surface area (Å²) in [5, 5.41) is 2.97. The zero-order valence-electron chi connectivity index (χ0n) is 8.85. The Kier molecular flexibility index (Phi) is 3.19. The summed E-state index contributed by atoms with van der Waals surface area (Å²) in [6, 6.07) is 8.19. The van der Waals surface area contributed by atoms with Crippen LogP contribution in [0.5, 0.6) is 0 Å². The molecule has 0 heterocycles. The lowest BCUT2D eigenvalue weighted by Crippen LogP contribution is -2.32. The largest absolute Gasteiger partial charge is 0.390 e. The number of benzene rings is 1. The molecule has 1 aliphatic carbocycles. The lowest BCUT2D eigenvalue weighted by atomic mass is 10.1. The van der Waals surface area contributed by atoms with Gasteiger partial charge in [-0.05, 0) is 24.0 Å². The van der Waals surface area contributed by atoms with Gasteiger partial charge in [0.05, 0.1) is 6.42 Å². The number of alkyl halides is 3. The summed E-state index contributed by atoms with van der Waals surface area (Å²) < 4.78 is 35.9. The number of hydrogen-bond acceptors (Lipinski definition) is 1. The molecule has 1 N–H and O–H groups in total. The van der Waals surface area contributed by atoms with Crippen molar-refractivity contribution in [3.8, 4) is 0 Å². The van der Waals surface area contributed by atoms with E-state index in [1.165, 1.54) is 11.1 Å². The Labute approximate surface area is 92.7 Å². The maximum Gasteiger partial charge on any atom is 0.390 e. The highest BCUT2D eigenvalue weighted by atomic mass is 19.4. The first kappa shape index (κ1) is 11.5. The molecule has 4 heteroatoms. The van der Waals surface area contributed by atoms with Crippen molar-refractivity contribution in [3.05, 3.63) is 35.4 Å². The van der Waals surface area contributed by atoms with Crippen LogP contribution < -0.4 is 5.32 Å². The Morgan fingerprint density at radius 3 is 2.19 bits per heavy atom. The topological polar surface area (TPSA) is 12.0 Å². The van der Waals surface area contributed by atoms with E-state index >= 15 is 0 Å². The van der Waals surface area contributed by atoms with Crippen molar-refractivity contribution in [1.82, 2.24) is 5.32 Å². The highest BCUT2D eigenvalue weighted by Gasteiger charge is 2.27. The second kappa shape index (κ2) is 4.45. The molecule has 0 unspecified atom stereocenters. The minimum absolute atomic E-state index is 0.0160. The van der Waals surface area contributed by atoms with E-state index in [1.54, 1.807) is 0 Å². The molecule has 1 aromatic rings. The van der Waals surface area contributed by atoms with E-state index in [2.05, 4.69) is 5.32 Å². The van der Waals surface area contributed by atoms with Gasteiger partial charge in [-0.25, -0.2) is 0 Å². The summed E-state index contributed by atoms with van der Waals surface area (Å²) in [4.78, 5) is 0. The molecule has 1 aliphatic rings. The second-order valence-corrected chi connectivity index (χ2v) is 4.19. The lowest BCUT2D eigenvalue weighted by Gasteiger charge is -2.12. The van der Waals surface area contributed by atoms with Crippen LogP contribution in [0.1, 0.15) is 17.5 Å². The van der Waals surface area contributed by atoms with Crippen LogP contribution in [0.15, 0.2) is 24.3 Å². The van der Waals surface area contributed by atoms with Gasteiger partial charge in [-0.15, -0.1) is 0 Å². The third kappa shape index (κ3) is 2.98. The first-order chi connectivity index (χ1) is 7.54. The number of hydrogen-bond donors (Lipinski definition) is 1. The molecule has 0 bridgehead atoms. The second-order valence-electron chi connectivity index (χ2n) is 4.19. The van der Waals surface area contributed by atoms with Crippen molar-refractivity contribution in [2.75, 3.05) is 6.54 Å². The maximum atomic E-state index is 12.0. The van der Waals surface area contributed by atoms with Crippen LogP contribution >= 0.6 is 0 Å². The molecule has 0 spiro atoms. The van der Waals surface area contributed by atoms with Crippen LogP contribution in [0.3, 0.4) is 0 Å². The van der Waals surface area contributed by atoms with Gasteiger partial charge in [0, 0.05) is 12.6 Å². The summed E-state index contributed by atoms with van der Waals surface area (Å²) in [5.41, 5.74) is 2.51. The van der Waals surface area contributed by atoms with Crippen molar-refractivity contribution in [2.45, 2.75) is 31.5 Å². The maximum absolute atomic E-state index is 12.0. The molecule has 16 heavy (non-hydrogen) atoms. The number of nitrogens with one attached hydrogen (secondary N) is 1. The molecule has 1 nitrogen and oxygen atoms in total. The first-order valence-corrected chi connectivity index (χ1v) is 5.41. The summed E-state index contributed by atoms with van der Waals surface area (Å²) >= 11 is 0. The van der Waals surface area contributed by atoms with Crippen molar-refractivity contribution in [2.24, 2.45) is 0 Å². The average Bonchev–Trinajstić information content (AvgIpc) is 2.57. The monoisotopic (exact) mass is 229 g/mol. The predicted molar refractivity (Wildman–Crippen MR) is 56.3 cm³/mol. The zero-order chi connectivity index (χ0) is 11.6. The van der Waals surface area contributed by atoms with Crippen LogP contribution in [-0.2, 0) is 12.8 Å². The minimum atomic E-state index is -4.06. The molecule has 0 radical (unpaired) electrons. The molecule has 0 aliphatic heterocycles. The zero-order valence-corrected chi connectivity index (χ0v) is 8.85. The summed E-state index contributed by atoms with van der Waals surface area (Å²) in [7, 11) is 0. The fraction of sp³-hybridized carbons (Fsp3) is 0.500. The Morgan fingerprint density at radius 1 is 1.12 bits per heavy atom. The SMILES string of the molecule is FC(F)(F)CCNC1Cc2ccccc2C1. The van der Waals surface area contributed by atoms with Gasteiger partial charge < -0.3 is 5.32 Å². The molecule has 0 amide bonds. The van der Waals surface area contributed by atoms with Crippen molar-refractivity contribution in [1.29, 1.82) is 0 Å². The van der Waals surface area contributed by atoms with Gasteiger partial charge in [-0.2, -0.15) is 13.2 Å². The van der Waals surface area contributed by atoms with Gasteiger partial charge in [-0.1, -0.05) is 24.3 Å². The third-order valence-corrected chi connectivity index (χ3v) is 2.89. The highest BCUT2D eigenvalue weighted by molar-refractivity contribution is 5.33. The van der Waals surface area contributed by atoms with E-state index < -0.39 is 12.6 Å². The highest BCUT2D eigenvalue weighted by Crippen LogP contribution is 2.22. The standard InChI is InChI=1S/C12H14F3N/c13-12(14,15)5-6-16-11-7-9-3-1-2-4-10(9)8-11/h1-4,11,16H,5-8H2. The summed E-state index contributed by atoms with van der Waals surface area (Å²) in [6.45, 7) is 0.0160. The first-order valence-electron chi connectivity index (χ1n) is 5.41. The van der Waals surface area contributed by atoms with E-state index in [0.29, 0.717) is 0 Å². The Morgan fingerprint density at radius 2 is 1.69 bits per heavy atom. The average molecular weight is 229 g/mol. The molecule has 1 aromatic carbocycles. The van der Waals surface area contributed by atoms with Gasteiger partial charge in [0.15, 0.2) is 0 Å². The molecule has 2 rings (SSSR count). The van der Waals surface area contributed by atoms with Gasteiger partial charge >= 0.3 is 6.18 Å². The van der Waals surface area contributed by atoms with E-state index in [0.717, 1.165) is 12.8 Å². The number of halogens is 3. The molecule has 0 fully saturated rings. The van der Waals surface area contributed by atoms with Crippen molar-refractivity contribution < 1.29 is 13.2 Å². The smallest absolute Gasteiger partial charge is 0.313 e. The Balaban J connectivity index is 1.79. The van der Waals surface area contributed by atoms with E-state index in [1.807, 2.05) is 24.3 Å². The normalized spacial score (nSPS) is 16.4. The Hall–Kier alpha value is -1.03. The molecule has 0 atom stereocenters. The number of rotatable bonds is 3. The Bertz CT molecular complexity index is 335. The van der Waals surface area contributed by atoms with Crippen LogP contribution in [0.2, 0.25) is 0 Å². The molecular weight excluding hydrogens is 215 g/mol.